The zero-order valence-corrected chi connectivity index (χ0v) is 12.0. The Labute approximate surface area is 113 Å². The van der Waals surface area contributed by atoms with E-state index >= 15 is 0 Å². The Hall–Kier alpha value is -0.0800. The maximum absolute atomic E-state index is 6.45. The van der Waals surface area contributed by atoms with Crippen LogP contribution in [-0.4, -0.2) is 18.8 Å². The molecule has 0 saturated heterocycles. The van der Waals surface area contributed by atoms with Crippen molar-refractivity contribution in [3.05, 3.63) is 0 Å². The lowest BCUT2D eigenvalue weighted by molar-refractivity contribution is 0.0658. The first-order valence-corrected chi connectivity index (χ1v) is 8.15. The highest BCUT2D eigenvalue weighted by atomic mass is 16.5. The molecule has 2 heteroatoms. The van der Waals surface area contributed by atoms with Gasteiger partial charge in [-0.15, -0.1) is 0 Å². The van der Waals surface area contributed by atoms with Crippen molar-refractivity contribution >= 4 is 0 Å². The largest absolute Gasteiger partial charge is 0.380 e. The van der Waals surface area contributed by atoms with E-state index in [1.165, 1.54) is 64.2 Å². The van der Waals surface area contributed by atoms with Gasteiger partial charge in [-0.25, -0.2) is 0 Å². The standard InChI is InChI=1S/C16H31NO/c17-16(11-6-1-2-7-12-16)14-18-13-10-15-8-4-3-5-9-15/h15H,1-14,17H2. The third kappa shape index (κ3) is 4.89. The number of hydrogen-bond donors (Lipinski definition) is 1. The predicted molar refractivity (Wildman–Crippen MR) is 76.6 cm³/mol. The molecule has 18 heavy (non-hydrogen) atoms. The van der Waals surface area contributed by atoms with E-state index in [0.29, 0.717) is 0 Å². The van der Waals surface area contributed by atoms with Gasteiger partial charge in [-0.2, -0.15) is 0 Å². The van der Waals surface area contributed by atoms with E-state index < -0.39 is 0 Å². The molecular weight excluding hydrogens is 222 g/mol. The second kappa shape index (κ2) is 7.49. The molecule has 0 heterocycles. The van der Waals surface area contributed by atoms with Crippen molar-refractivity contribution < 1.29 is 4.74 Å². The van der Waals surface area contributed by atoms with Crippen LogP contribution >= 0.6 is 0 Å². The summed E-state index contributed by atoms with van der Waals surface area (Å²) in [4.78, 5) is 0. The molecule has 2 fully saturated rings. The van der Waals surface area contributed by atoms with Crippen molar-refractivity contribution in [1.82, 2.24) is 0 Å². The maximum atomic E-state index is 6.45. The summed E-state index contributed by atoms with van der Waals surface area (Å²) in [6.45, 7) is 1.73. The number of hydrogen-bond acceptors (Lipinski definition) is 2. The summed E-state index contributed by atoms with van der Waals surface area (Å²) in [6.07, 6.45) is 16.1. The van der Waals surface area contributed by atoms with Gasteiger partial charge in [0.15, 0.2) is 0 Å². The van der Waals surface area contributed by atoms with E-state index in [2.05, 4.69) is 0 Å². The number of rotatable bonds is 5. The second-order valence-corrected chi connectivity index (χ2v) is 6.62. The van der Waals surface area contributed by atoms with Gasteiger partial charge in [-0.05, 0) is 25.2 Å². The third-order valence-electron chi connectivity index (χ3n) is 4.88. The topological polar surface area (TPSA) is 35.2 Å². The Morgan fingerprint density at radius 3 is 2.17 bits per heavy atom. The van der Waals surface area contributed by atoms with E-state index in [1.807, 2.05) is 0 Å². The van der Waals surface area contributed by atoms with Crippen LogP contribution in [-0.2, 0) is 4.74 Å². The fourth-order valence-corrected chi connectivity index (χ4v) is 3.58. The van der Waals surface area contributed by atoms with Crippen LogP contribution < -0.4 is 5.73 Å². The molecule has 0 aliphatic heterocycles. The summed E-state index contributed by atoms with van der Waals surface area (Å²) in [6, 6.07) is 0. The van der Waals surface area contributed by atoms with Crippen molar-refractivity contribution in [3.63, 3.8) is 0 Å². The van der Waals surface area contributed by atoms with Crippen LogP contribution in [0.4, 0.5) is 0 Å². The van der Waals surface area contributed by atoms with Crippen LogP contribution in [0.15, 0.2) is 0 Å². The van der Waals surface area contributed by atoms with Gasteiger partial charge in [0.2, 0.25) is 0 Å². The Morgan fingerprint density at radius 1 is 0.889 bits per heavy atom. The highest BCUT2D eigenvalue weighted by Gasteiger charge is 2.26. The summed E-state index contributed by atoms with van der Waals surface area (Å²) < 4.78 is 5.91. The number of nitrogens with two attached hydrogens (primary N) is 1. The molecule has 2 nitrogen and oxygen atoms in total. The molecule has 2 rings (SSSR count). The predicted octanol–water partition coefficient (Wildman–Crippen LogP) is 4.03. The fourth-order valence-electron chi connectivity index (χ4n) is 3.58. The van der Waals surface area contributed by atoms with Crippen LogP contribution in [0.2, 0.25) is 0 Å². The molecule has 106 valence electrons. The molecule has 0 aromatic rings. The van der Waals surface area contributed by atoms with Crippen molar-refractivity contribution in [3.8, 4) is 0 Å². The highest BCUT2D eigenvalue weighted by Crippen LogP contribution is 2.27. The minimum Gasteiger partial charge on any atom is -0.380 e. The molecule has 0 amide bonds. The molecule has 0 aromatic carbocycles. The van der Waals surface area contributed by atoms with E-state index in [-0.39, 0.29) is 5.54 Å². The van der Waals surface area contributed by atoms with Gasteiger partial charge in [0.1, 0.15) is 0 Å². The Kier molecular flexibility index (Phi) is 5.97. The average Bonchev–Trinajstić information content (AvgIpc) is 2.61. The van der Waals surface area contributed by atoms with Gasteiger partial charge in [0.25, 0.3) is 0 Å². The molecule has 0 bridgehead atoms. The Bertz CT molecular complexity index is 215. The molecule has 0 aromatic heterocycles. The molecule has 2 aliphatic carbocycles. The van der Waals surface area contributed by atoms with E-state index in [9.17, 15) is 0 Å². The van der Waals surface area contributed by atoms with Crippen LogP contribution in [0.5, 0.6) is 0 Å². The SMILES string of the molecule is NC1(COCCC2CCCCC2)CCCCCC1. The van der Waals surface area contributed by atoms with Gasteiger partial charge in [0, 0.05) is 12.1 Å². The molecule has 2 saturated carbocycles. The Balaban J connectivity index is 1.58. The van der Waals surface area contributed by atoms with Crippen molar-refractivity contribution in [1.29, 1.82) is 0 Å². The summed E-state index contributed by atoms with van der Waals surface area (Å²) in [5, 5.41) is 0. The zero-order chi connectivity index (χ0) is 12.7. The lowest BCUT2D eigenvalue weighted by Crippen LogP contribution is -2.44. The first-order valence-electron chi connectivity index (χ1n) is 8.15. The zero-order valence-electron chi connectivity index (χ0n) is 12.0. The second-order valence-electron chi connectivity index (χ2n) is 6.62. The Morgan fingerprint density at radius 2 is 1.50 bits per heavy atom. The number of ether oxygens (including phenoxy) is 1. The molecule has 0 radical (unpaired) electrons. The summed E-state index contributed by atoms with van der Waals surface area (Å²) >= 11 is 0. The van der Waals surface area contributed by atoms with Crippen molar-refractivity contribution in [2.24, 2.45) is 11.7 Å². The maximum Gasteiger partial charge on any atom is 0.0646 e. The lowest BCUT2D eigenvalue weighted by Gasteiger charge is -2.28. The smallest absolute Gasteiger partial charge is 0.0646 e. The molecular formula is C16H31NO. The van der Waals surface area contributed by atoms with Crippen LogP contribution in [0.25, 0.3) is 0 Å². The van der Waals surface area contributed by atoms with E-state index in [4.69, 9.17) is 10.5 Å². The highest BCUT2D eigenvalue weighted by molar-refractivity contribution is 4.85. The van der Waals surface area contributed by atoms with Crippen LogP contribution in [0.3, 0.4) is 0 Å². The first-order chi connectivity index (χ1) is 8.79. The molecule has 2 N–H and O–H groups in total. The summed E-state index contributed by atoms with van der Waals surface area (Å²) in [7, 11) is 0. The summed E-state index contributed by atoms with van der Waals surface area (Å²) in [5.74, 6) is 0.932. The lowest BCUT2D eigenvalue weighted by atomic mass is 9.87. The van der Waals surface area contributed by atoms with Gasteiger partial charge in [-0.3, -0.25) is 0 Å². The van der Waals surface area contributed by atoms with Gasteiger partial charge >= 0.3 is 0 Å². The average molecular weight is 253 g/mol. The fraction of sp³-hybridized carbons (Fsp3) is 1.00. The van der Waals surface area contributed by atoms with Gasteiger partial charge < -0.3 is 10.5 Å². The van der Waals surface area contributed by atoms with Gasteiger partial charge in [-0.1, -0.05) is 57.8 Å². The van der Waals surface area contributed by atoms with E-state index in [0.717, 1.165) is 32.0 Å². The normalized spacial score (nSPS) is 25.8. The van der Waals surface area contributed by atoms with E-state index in [1.54, 1.807) is 0 Å². The van der Waals surface area contributed by atoms with Crippen molar-refractivity contribution in [2.45, 2.75) is 82.6 Å². The monoisotopic (exact) mass is 253 g/mol. The van der Waals surface area contributed by atoms with Crippen molar-refractivity contribution in [2.75, 3.05) is 13.2 Å². The third-order valence-corrected chi connectivity index (χ3v) is 4.88. The summed E-state index contributed by atoms with van der Waals surface area (Å²) in [5.41, 5.74) is 6.44. The quantitative estimate of drug-likeness (QED) is 0.593. The minimum absolute atomic E-state index is 0.0108. The van der Waals surface area contributed by atoms with Gasteiger partial charge in [0.05, 0.1) is 6.61 Å². The molecule has 2 aliphatic rings. The van der Waals surface area contributed by atoms with Crippen LogP contribution in [0.1, 0.15) is 77.0 Å². The minimum atomic E-state index is -0.0108. The van der Waals surface area contributed by atoms with Crippen LogP contribution in [0, 0.1) is 5.92 Å². The first kappa shape index (κ1) is 14.3. The molecule has 0 atom stereocenters. The molecule has 0 unspecified atom stereocenters. The molecule has 0 spiro atoms.